The molecule has 1 unspecified atom stereocenters. The van der Waals surface area contributed by atoms with Crippen molar-refractivity contribution in [3.05, 3.63) is 39.8 Å². The van der Waals surface area contributed by atoms with E-state index in [1.54, 1.807) is 29.1 Å². The van der Waals surface area contributed by atoms with Crippen LogP contribution in [-0.4, -0.2) is 33.9 Å². The lowest BCUT2D eigenvalue weighted by Gasteiger charge is -2.23. The first-order valence-corrected chi connectivity index (χ1v) is 9.07. The van der Waals surface area contributed by atoms with Crippen molar-refractivity contribution in [3.8, 4) is 0 Å². The van der Waals surface area contributed by atoms with Gasteiger partial charge in [-0.15, -0.1) is 11.3 Å². The van der Waals surface area contributed by atoms with E-state index in [2.05, 4.69) is 39.8 Å². The number of aryl methyl sites for hydroxylation is 2. The monoisotopic (exact) mass is 349 g/mol. The number of aliphatic imine (C=N–C) groups is 1. The van der Waals surface area contributed by atoms with Crippen LogP contribution in [0.25, 0.3) is 0 Å². The van der Waals surface area contributed by atoms with Crippen LogP contribution in [0.4, 0.5) is 0 Å². The van der Waals surface area contributed by atoms with Gasteiger partial charge in [0.1, 0.15) is 5.60 Å². The standard InChI is InChI=1S/C17H27N5OS/c1-5-14-7-8-15(24-14)10-19-16(18-6-2)20-12-17(3,23)13-9-21-22(4)11-13/h7-9,11,23H,5-6,10,12H2,1-4H3,(H2,18,19,20). The Morgan fingerprint density at radius 3 is 2.67 bits per heavy atom. The SMILES string of the molecule is CCNC(=NCc1ccc(CC)s1)NCC(C)(O)c1cnn(C)c1. The van der Waals surface area contributed by atoms with Crippen molar-refractivity contribution in [1.29, 1.82) is 0 Å². The van der Waals surface area contributed by atoms with E-state index >= 15 is 0 Å². The maximum atomic E-state index is 10.6. The van der Waals surface area contributed by atoms with E-state index in [4.69, 9.17) is 0 Å². The van der Waals surface area contributed by atoms with E-state index in [-0.39, 0.29) is 0 Å². The van der Waals surface area contributed by atoms with Crippen molar-refractivity contribution in [1.82, 2.24) is 20.4 Å². The van der Waals surface area contributed by atoms with E-state index in [1.165, 1.54) is 9.75 Å². The quantitative estimate of drug-likeness (QED) is 0.528. The number of nitrogens with zero attached hydrogens (tertiary/aromatic N) is 3. The first-order valence-electron chi connectivity index (χ1n) is 8.26. The zero-order valence-corrected chi connectivity index (χ0v) is 15.7. The summed E-state index contributed by atoms with van der Waals surface area (Å²) >= 11 is 1.79. The van der Waals surface area contributed by atoms with Crippen molar-refractivity contribution in [2.24, 2.45) is 12.0 Å². The van der Waals surface area contributed by atoms with Crippen LogP contribution in [0.5, 0.6) is 0 Å². The molecule has 0 aliphatic rings. The third-order valence-electron chi connectivity index (χ3n) is 3.73. The topological polar surface area (TPSA) is 74.5 Å². The fraction of sp³-hybridized carbons (Fsp3) is 0.529. The average molecular weight is 350 g/mol. The molecule has 0 saturated carbocycles. The Kier molecular flexibility index (Phi) is 6.39. The molecule has 0 aliphatic carbocycles. The molecule has 0 radical (unpaired) electrons. The summed E-state index contributed by atoms with van der Waals surface area (Å²) in [5, 5.41) is 21.2. The predicted molar refractivity (Wildman–Crippen MR) is 99.3 cm³/mol. The Balaban J connectivity index is 1.98. The van der Waals surface area contributed by atoms with Crippen molar-refractivity contribution in [2.45, 2.75) is 39.3 Å². The molecule has 1 atom stereocenters. The second kappa shape index (κ2) is 8.30. The smallest absolute Gasteiger partial charge is 0.191 e. The molecule has 0 bridgehead atoms. The molecule has 7 heteroatoms. The Labute approximate surface area is 147 Å². The second-order valence-corrected chi connectivity index (χ2v) is 7.20. The number of rotatable bonds is 7. The van der Waals surface area contributed by atoms with Gasteiger partial charge in [0.15, 0.2) is 5.96 Å². The van der Waals surface area contributed by atoms with E-state index < -0.39 is 5.60 Å². The van der Waals surface area contributed by atoms with E-state index in [1.807, 2.05) is 20.2 Å². The lowest BCUT2D eigenvalue weighted by molar-refractivity contribution is 0.0616. The summed E-state index contributed by atoms with van der Waals surface area (Å²) in [6, 6.07) is 4.28. The van der Waals surface area contributed by atoms with Gasteiger partial charge in [0, 0.05) is 35.1 Å². The van der Waals surface area contributed by atoms with Crippen LogP contribution in [0, 0.1) is 0 Å². The maximum absolute atomic E-state index is 10.6. The molecule has 2 rings (SSSR count). The highest BCUT2D eigenvalue weighted by Crippen LogP contribution is 2.19. The Bertz CT molecular complexity index is 674. The van der Waals surface area contributed by atoms with Gasteiger partial charge in [-0.3, -0.25) is 4.68 Å². The van der Waals surface area contributed by atoms with Gasteiger partial charge >= 0.3 is 0 Å². The van der Waals surface area contributed by atoms with Crippen LogP contribution >= 0.6 is 11.3 Å². The zero-order valence-electron chi connectivity index (χ0n) is 14.8. The number of aliphatic hydroxyl groups is 1. The highest BCUT2D eigenvalue weighted by atomic mass is 32.1. The van der Waals surface area contributed by atoms with Crippen molar-refractivity contribution < 1.29 is 5.11 Å². The van der Waals surface area contributed by atoms with Crippen LogP contribution in [0.3, 0.4) is 0 Å². The molecule has 6 nitrogen and oxygen atoms in total. The molecule has 2 aromatic heterocycles. The Hall–Kier alpha value is -1.86. The van der Waals surface area contributed by atoms with E-state index in [0.717, 1.165) is 18.5 Å². The largest absolute Gasteiger partial charge is 0.383 e. The van der Waals surface area contributed by atoms with Crippen LogP contribution in [0.15, 0.2) is 29.5 Å². The second-order valence-electron chi connectivity index (χ2n) is 5.95. The van der Waals surface area contributed by atoms with Gasteiger partial charge in [0.25, 0.3) is 0 Å². The van der Waals surface area contributed by atoms with Crippen LogP contribution in [-0.2, 0) is 25.6 Å². The minimum absolute atomic E-state index is 0.356. The number of hydrogen-bond acceptors (Lipinski definition) is 4. The Morgan fingerprint density at radius 1 is 1.33 bits per heavy atom. The number of nitrogens with one attached hydrogen (secondary N) is 2. The minimum atomic E-state index is -1.01. The number of aromatic nitrogens is 2. The molecule has 3 N–H and O–H groups in total. The van der Waals surface area contributed by atoms with Gasteiger partial charge in [0.2, 0.25) is 0 Å². The maximum Gasteiger partial charge on any atom is 0.191 e. The molecule has 0 aliphatic heterocycles. The normalized spacial score (nSPS) is 14.5. The zero-order chi connectivity index (χ0) is 17.6. The molecule has 0 aromatic carbocycles. The number of guanidine groups is 1. The fourth-order valence-electron chi connectivity index (χ4n) is 2.25. The molecular weight excluding hydrogens is 322 g/mol. The van der Waals surface area contributed by atoms with Gasteiger partial charge in [0.05, 0.1) is 19.3 Å². The van der Waals surface area contributed by atoms with Crippen LogP contribution in [0.1, 0.15) is 36.1 Å². The third-order valence-corrected chi connectivity index (χ3v) is 4.94. The first kappa shape index (κ1) is 18.5. The molecule has 132 valence electrons. The van der Waals surface area contributed by atoms with E-state index in [0.29, 0.717) is 19.0 Å². The fourth-order valence-corrected chi connectivity index (χ4v) is 3.14. The number of thiophene rings is 1. The average Bonchev–Trinajstić information content (AvgIpc) is 3.19. The predicted octanol–water partition coefficient (Wildman–Crippen LogP) is 2.01. The van der Waals surface area contributed by atoms with Gasteiger partial charge < -0.3 is 15.7 Å². The van der Waals surface area contributed by atoms with Crippen molar-refractivity contribution >= 4 is 17.3 Å². The lowest BCUT2D eigenvalue weighted by atomic mass is 10.00. The summed E-state index contributed by atoms with van der Waals surface area (Å²) in [4.78, 5) is 7.22. The molecule has 2 aromatic rings. The van der Waals surface area contributed by atoms with Crippen LogP contribution < -0.4 is 10.6 Å². The summed E-state index contributed by atoms with van der Waals surface area (Å²) in [6.45, 7) is 7.71. The summed E-state index contributed by atoms with van der Waals surface area (Å²) in [6.07, 6.45) is 4.56. The summed E-state index contributed by atoms with van der Waals surface area (Å²) in [5.74, 6) is 0.702. The Morgan fingerprint density at radius 2 is 2.08 bits per heavy atom. The highest BCUT2D eigenvalue weighted by molar-refractivity contribution is 7.11. The molecule has 0 amide bonds. The molecule has 0 spiro atoms. The molecular formula is C17H27N5OS. The van der Waals surface area contributed by atoms with Crippen molar-refractivity contribution in [3.63, 3.8) is 0 Å². The number of hydrogen-bond donors (Lipinski definition) is 3. The van der Waals surface area contributed by atoms with Gasteiger partial charge in [-0.1, -0.05) is 6.92 Å². The molecule has 24 heavy (non-hydrogen) atoms. The first-order chi connectivity index (χ1) is 11.4. The highest BCUT2D eigenvalue weighted by Gasteiger charge is 2.24. The lowest BCUT2D eigenvalue weighted by Crippen LogP contribution is -2.44. The van der Waals surface area contributed by atoms with Gasteiger partial charge in [-0.2, -0.15) is 5.10 Å². The summed E-state index contributed by atoms with van der Waals surface area (Å²) in [7, 11) is 1.84. The third kappa shape index (κ3) is 5.07. The van der Waals surface area contributed by atoms with Crippen LogP contribution in [0.2, 0.25) is 0 Å². The molecule has 0 saturated heterocycles. The summed E-state index contributed by atoms with van der Waals surface area (Å²) in [5.41, 5.74) is -0.234. The summed E-state index contributed by atoms with van der Waals surface area (Å²) < 4.78 is 1.69. The van der Waals surface area contributed by atoms with E-state index in [9.17, 15) is 5.11 Å². The van der Waals surface area contributed by atoms with Crippen molar-refractivity contribution in [2.75, 3.05) is 13.1 Å². The molecule has 2 heterocycles. The minimum Gasteiger partial charge on any atom is -0.383 e. The van der Waals surface area contributed by atoms with Gasteiger partial charge in [-0.05, 0) is 32.4 Å². The van der Waals surface area contributed by atoms with Gasteiger partial charge in [-0.25, -0.2) is 4.99 Å². The molecule has 0 fully saturated rings.